The van der Waals surface area contributed by atoms with Gasteiger partial charge in [0.15, 0.2) is 0 Å². The number of methoxy groups -OCH3 is 1. The lowest BCUT2D eigenvalue weighted by Crippen LogP contribution is -2.51. The van der Waals surface area contributed by atoms with Crippen LogP contribution in [0.4, 0.5) is 11.4 Å². The number of hydrogen-bond acceptors (Lipinski definition) is 4. The minimum atomic E-state index is 0.176. The van der Waals surface area contributed by atoms with Gasteiger partial charge in [-0.25, -0.2) is 0 Å². The Labute approximate surface area is 172 Å². The molecule has 0 N–H and O–H groups in total. The summed E-state index contributed by atoms with van der Waals surface area (Å²) in [5.41, 5.74) is 2.24. The minimum Gasteiger partial charge on any atom is -0.497 e. The van der Waals surface area contributed by atoms with E-state index in [2.05, 4.69) is 47.4 Å². The molecule has 0 aromatic heterocycles. The molecule has 0 saturated carbocycles. The predicted molar refractivity (Wildman–Crippen MR) is 119 cm³/mol. The second kappa shape index (κ2) is 8.43. The van der Waals surface area contributed by atoms with Crippen molar-refractivity contribution in [1.82, 2.24) is 4.90 Å². The van der Waals surface area contributed by atoms with Gasteiger partial charge < -0.3 is 19.4 Å². The van der Waals surface area contributed by atoms with E-state index >= 15 is 0 Å². The summed E-state index contributed by atoms with van der Waals surface area (Å²) in [4.78, 5) is 19.1. The molecule has 150 valence electrons. The lowest BCUT2D eigenvalue weighted by atomic mass is 10.1. The van der Waals surface area contributed by atoms with Crippen LogP contribution in [0.3, 0.4) is 0 Å². The maximum Gasteiger partial charge on any atom is 0.242 e. The first kappa shape index (κ1) is 19.1. The molecule has 0 radical (unpaired) electrons. The summed E-state index contributed by atoms with van der Waals surface area (Å²) in [6.45, 7) is 3.57. The number of ether oxygens (including phenoxy) is 1. The fraction of sp³-hybridized carbons (Fsp3) is 0.292. The van der Waals surface area contributed by atoms with Gasteiger partial charge in [-0.1, -0.05) is 30.3 Å². The second-order valence-electron chi connectivity index (χ2n) is 7.45. The number of fused-ring (bicyclic) bond motifs is 1. The summed E-state index contributed by atoms with van der Waals surface area (Å²) in [5.74, 6) is 1.04. The van der Waals surface area contributed by atoms with Crippen molar-refractivity contribution in [3.8, 4) is 5.75 Å². The summed E-state index contributed by atoms with van der Waals surface area (Å²) >= 11 is 0. The molecule has 1 fully saturated rings. The summed E-state index contributed by atoms with van der Waals surface area (Å²) in [7, 11) is 3.66. The summed E-state index contributed by atoms with van der Waals surface area (Å²) in [5, 5.41) is 2.41. The van der Waals surface area contributed by atoms with E-state index in [-0.39, 0.29) is 5.91 Å². The molecule has 0 aliphatic carbocycles. The van der Waals surface area contributed by atoms with Crippen LogP contribution in [0.25, 0.3) is 10.8 Å². The molecule has 5 heteroatoms. The van der Waals surface area contributed by atoms with E-state index in [1.165, 1.54) is 16.5 Å². The quantitative estimate of drug-likeness (QED) is 0.668. The highest BCUT2D eigenvalue weighted by atomic mass is 16.5. The van der Waals surface area contributed by atoms with Gasteiger partial charge in [-0.2, -0.15) is 0 Å². The van der Waals surface area contributed by atoms with Crippen LogP contribution < -0.4 is 14.5 Å². The monoisotopic (exact) mass is 389 g/mol. The first-order chi connectivity index (χ1) is 14.1. The molecule has 0 spiro atoms. The zero-order chi connectivity index (χ0) is 20.2. The molecule has 1 heterocycles. The van der Waals surface area contributed by atoms with Gasteiger partial charge in [0, 0.05) is 44.6 Å². The van der Waals surface area contributed by atoms with E-state index in [1.54, 1.807) is 7.11 Å². The molecule has 4 rings (SSSR count). The molecule has 0 unspecified atom stereocenters. The van der Waals surface area contributed by atoms with E-state index in [4.69, 9.17) is 4.74 Å². The molecule has 29 heavy (non-hydrogen) atoms. The molecule has 1 amide bonds. The smallest absolute Gasteiger partial charge is 0.242 e. The van der Waals surface area contributed by atoms with Crippen molar-refractivity contribution in [3.63, 3.8) is 0 Å². The third-order valence-corrected chi connectivity index (χ3v) is 5.62. The molecule has 5 nitrogen and oxygen atoms in total. The maximum atomic E-state index is 12.8. The zero-order valence-electron chi connectivity index (χ0n) is 17.0. The van der Waals surface area contributed by atoms with Gasteiger partial charge in [0.1, 0.15) is 5.75 Å². The highest BCUT2D eigenvalue weighted by molar-refractivity contribution is 5.87. The van der Waals surface area contributed by atoms with Crippen molar-refractivity contribution in [2.75, 3.05) is 56.7 Å². The van der Waals surface area contributed by atoms with Crippen LogP contribution in [-0.4, -0.2) is 57.7 Å². The largest absolute Gasteiger partial charge is 0.497 e. The number of carbonyl (C=O) groups excluding carboxylic acids is 1. The minimum absolute atomic E-state index is 0.176. The summed E-state index contributed by atoms with van der Waals surface area (Å²) < 4.78 is 5.23. The molecule has 1 aliphatic heterocycles. The Morgan fingerprint density at radius 1 is 0.931 bits per heavy atom. The van der Waals surface area contributed by atoms with Crippen LogP contribution >= 0.6 is 0 Å². The Kier molecular flexibility index (Phi) is 5.56. The number of benzene rings is 3. The van der Waals surface area contributed by atoms with Crippen LogP contribution in [0.2, 0.25) is 0 Å². The molecule has 3 aromatic rings. The van der Waals surface area contributed by atoms with Gasteiger partial charge in [-0.3, -0.25) is 4.79 Å². The Bertz CT molecular complexity index is 979. The molecule has 3 aromatic carbocycles. The molecular weight excluding hydrogens is 362 g/mol. The fourth-order valence-electron chi connectivity index (χ4n) is 3.82. The standard InChI is InChI=1S/C24H27N3O2/c1-25(22-8-7-19-5-3-4-6-20(19)17-22)18-24(28)27-15-13-26(14-16-27)21-9-11-23(29-2)12-10-21/h3-12,17H,13-16,18H2,1-2H3. The predicted octanol–water partition coefficient (Wildman–Crippen LogP) is 3.63. The number of hydrogen-bond donors (Lipinski definition) is 0. The van der Waals surface area contributed by atoms with Gasteiger partial charge >= 0.3 is 0 Å². The van der Waals surface area contributed by atoms with E-state index in [0.717, 1.165) is 37.6 Å². The van der Waals surface area contributed by atoms with Crippen molar-refractivity contribution >= 4 is 28.1 Å². The van der Waals surface area contributed by atoms with E-state index < -0.39 is 0 Å². The van der Waals surface area contributed by atoms with Gasteiger partial charge in [-0.15, -0.1) is 0 Å². The molecule has 0 bridgehead atoms. The van der Waals surface area contributed by atoms with Crippen molar-refractivity contribution in [2.45, 2.75) is 0 Å². The average Bonchev–Trinajstić information content (AvgIpc) is 2.79. The Morgan fingerprint density at radius 3 is 2.31 bits per heavy atom. The maximum absolute atomic E-state index is 12.8. The van der Waals surface area contributed by atoms with Crippen molar-refractivity contribution in [1.29, 1.82) is 0 Å². The summed E-state index contributed by atoms with van der Waals surface area (Å²) in [6.07, 6.45) is 0. The van der Waals surface area contributed by atoms with Gasteiger partial charge in [0.05, 0.1) is 13.7 Å². The molecule has 1 saturated heterocycles. The number of anilines is 2. The summed E-state index contributed by atoms with van der Waals surface area (Å²) in [6, 6.07) is 22.7. The van der Waals surface area contributed by atoms with Gasteiger partial charge in [0.25, 0.3) is 0 Å². The van der Waals surface area contributed by atoms with Gasteiger partial charge in [0.2, 0.25) is 5.91 Å². The van der Waals surface area contributed by atoms with E-state index in [9.17, 15) is 4.79 Å². The number of rotatable bonds is 5. The average molecular weight is 389 g/mol. The normalized spacial score (nSPS) is 14.1. The van der Waals surface area contributed by atoms with Crippen LogP contribution in [0, 0.1) is 0 Å². The number of likely N-dealkylation sites (N-methyl/N-ethyl adjacent to an activating group) is 1. The Morgan fingerprint density at radius 2 is 1.62 bits per heavy atom. The molecular formula is C24H27N3O2. The SMILES string of the molecule is COc1ccc(N2CCN(C(=O)CN(C)c3ccc4ccccc4c3)CC2)cc1. The number of carbonyl (C=O) groups is 1. The second-order valence-corrected chi connectivity index (χ2v) is 7.45. The molecule has 0 atom stereocenters. The fourth-order valence-corrected chi connectivity index (χ4v) is 3.82. The van der Waals surface area contributed by atoms with Crippen LogP contribution in [-0.2, 0) is 4.79 Å². The lowest BCUT2D eigenvalue weighted by Gasteiger charge is -2.37. The van der Waals surface area contributed by atoms with E-state index in [1.807, 2.05) is 41.1 Å². The third kappa shape index (κ3) is 4.29. The van der Waals surface area contributed by atoms with Gasteiger partial charge in [-0.05, 0) is 47.2 Å². The van der Waals surface area contributed by atoms with Crippen molar-refractivity contribution in [2.24, 2.45) is 0 Å². The first-order valence-corrected chi connectivity index (χ1v) is 10.0. The topological polar surface area (TPSA) is 36.0 Å². The van der Waals surface area contributed by atoms with E-state index in [0.29, 0.717) is 6.54 Å². The number of nitrogens with zero attached hydrogens (tertiary/aromatic N) is 3. The highest BCUT2D eigenvalue weighted by Gasteiger charge is 2.22. The van der Waals surface area contributed by atoms with Crippen LogP contribution in [0.1, 0.15) is 0 Å². The highest BCUT2D eigenvalue weighted by Crippen LogP contribution is 2.22. The zero-order valence-corrected chi connectivity index (χ0v) is 17.0. The van der Waals surface area contributed by atoms with Crippen LogP contribution in [0.5, 0.6) is 5.75 Å². The Balaban J connectivity index is 1.34. The van der Waals surface area contributed by atoms with Crippen LogP contribution in [0.15, 0.2) is 66.7 Å². The Hall–Kier alpha value is -3.21. The van der Waals surface area contributed by atoms with Crippen molar-refractivity contribution in [3.05, 3.63) is 66.7 Å². The number of piperazine rings is 1. The van der Waals surface area contributed by atoms with Crippen molar-refractivity contribution < 1.29 is 9.53 Å². The lowest BCUT2D eigenvalue weighted by molar-refractivity contribution is -0.129. The third-order valence-electron chi connectivity index (χ3n) is 5.62. The molecule has 1 aliphatic rings. The number of amides is 1. The first-order valence-electron chi connectivity index (χ1n) is 10.0.